The number of β-amino-alcohol motifs (C(OH)–C–C–N with tert-alkyl or cyclic N) is 1. The monoisotopic (exact) mass is 293 g/mol. The SMILES string of the molecule is O=C(O)c1c(F)ccc(S(=O)(=O)N2CC(O)C2)c1F. The van der Waals surface area contributed by atoms with Gasteiger partial charge < -0.3 is 10.2 Å². The third-order valence-corrected chi connectivity index (χ3v) is 4.57. The molecule has 0 unspecified atom stereocenters. The van der Waals surface area contributed by atoms with Crippen molar-refractivity contribution in [1.29, 1.82) is 0 Å². The molecule has 104 valence electrons. The number of sulfonamides is 1. The number of carbonyl (C=O) groups is 1. The first kappa shape index (κ1) is 13.8. The second-order valence-corrected chi connectivity index (χ2v) is 5.92. The van der Waals surface area contributed by atoms with Gasteiger partial charge in [0.05, 0.1) is 6.10 Å². The summed E-state index contributed by atoms with van der Waals surface area (Å²) in [7, 11) is -4.27. The first-order valence-electron chi connectivity index (χ1n) is 5.14. The van der Waals surface area contributed by atoms with Crippen LogP contribution in [0, 0.1) is 11.6 Å². The van der Waals surface area contributed by atoms with E-state index < -0.39 is 44.2 Å². The lowest BCUT2D eigenvalue weighted by molar-refractivity contribution is 0.0545. The number of hydrogen-bond acceptors (Lipinski definition) is 4. The largest absolute Gasteiger partial charge is 0.477 e. The van der Waals surface area contributed by atoms with Gasteiger partial charge in [0.1, 0.15) is 16.3 Å². The van der Waals surface area contributed by atoms with Gasteiger partial charge in [0, 0.05) is 13.1 Å². The Hall–Kier alpha value is -1.58. The number of aliphatic hydroxyl groups excluding tert-OH is 1. The fourth-order valence-electron chi connectivity index (χ4n) is 1.68. The van der Waals surface area contributed by atoms with Crippen molar-refractivity contribution in [1.82, 2.24) is 4.31 Å². The fourth-order valence-corrected chi connectivity index (χ4v) is 3.26. The molecule has 9 heteroatoms. The molecule has 0 aliphatic carbocycles. The number of hydrogen-bond donors (Lipinski definition) is 2. The van der Waals surface area contributed by atoms with Crippen LogP contribution in [0.4, 0.5) is 8.78 Å². The smallest absolute Gasteiger partial charge is 0.341 e. The number of carboxylic acids is 1. The van der Waals surface area contributed by atoms with Crippen LogP contribution in [-0.4, -0.2) is 48.1 Å². The number of nitrogens with zero attached hydrogens (tertiary/aromatic N) is 1. The van der Waals surface area contributed by atoms with Gasteiger partial charge in [-0.2, -0.15) is 4.31 Å². The predicted molar refractivity (Wildman–Crippen MR) is 58.1 cm³/mol. The third kappa shape index (κ3) is 2.20. The van der Waals surface area contributed by atoms with Crippen molar-refractivity contribution in [2.45, 2.75) is 11.0 Å². The minimum Gasteiger partial charge on any atom is -0.477 e. The number of benzene rings is 1. The van der Waals surface area contributed by atoms with Gasteiger partial charge in [-0.15, -0.1) is 0 Å². The normalized spacial score (nSPS) is 17.2. The topological polar surface area (TPSA) is 94.9 Å². The van der Waals surface area contributed by atoms with E-state index in [1.165, 1.54) is 0 Å². The highest BCUT2D eigenvalue weighted by molar-refractivity contribution is 7.89. The number of halogens is 2. The summed E-state index contributed by atoms with van der Waals surface area (Å²) in [6, 6.07) is 1.24. The van der Waals surface area contributed by atoms with Gasteiger partial charge in [0.25, 0.3) is 0 Å². The van der Waals surface area contributed by atoms with Crippen LogP contribution in [0.1, 0.15) is 10.4 Å². The zero-order valence-corrected chi connectivity index (χ0v) is 10.2. The average molecular weight is 293 g/mol. The van der Waals surface area contributed by atoms with Gasteiger partial charge in [0.2, 0.25) is 10.0 Å². The molecule has 1 aliphatic heterocycles. The van der Waals surface area contributed by atoms with Gasteiger partial charge >= 0.3 is 5.97 Å². The van der Waals surface area contributed by atoms with E-state index in [0.717, 1.165) is 4.31 Å². The molecule has 0 amide bonds. The molecule has 1 saturated heterocycles. The quantitative estimate of drug-likeness (QED) is 0.819. The van der Waals surface area contributed by atoms with Crippen molar-refractivity contribution in [3.05, 3.63) is 29.3 Å². The molecule has 1 heterocycles. The number of rotatable bonds is 3. The Morgan fingerprint density at radius 1 is 1.32 bits per heavy atom. The number of aliphatic hydroxyl groups is 1. The van der Waals surface area contributed by atoms with Crippen molar-refractivity contribution in [3.8, 4) is 0 Å². The zero-order chi connectivity index (χ0) is 14.4. The molecule has 1 aromatic carbocycles. The molecule has 0 spiro atoms. The lowest BCUT2D eigenvalue weighted by Crippen LogP contribution is -2.53. The summed E-state index contributed by atoms with van der Waals surface area (Å²) < 4.78 is 51.6. The maximum absolute atomic E-state index is 13.8. The van der Waals surface area contributed by atoms with Crippen LogP contribution in [-0.2, 0) is 10.0 Å². The van der Waals surface area contributed by atoms with Gasteiger partial charge in [-0.25, -0.2) is 22.0 Å². The molecular formula is C10H9F2NO5S. The molecule has 19 heavy (non-hydrogen) atoms. The Morgan fingerprint density at radius 3 is 2.37 bits per heavy atom. The highest BCUT2D eigenvalue weighted by atomic mass is 32.2. The van der Waals surface area contributed by atoms with Gasteiger partial charge in [-0.1, -0.05) is 0 Å². The van der Waals surface area contributed by atoms with E-state index in [9.17, 15) is 22.0 Å². The molecule has 0 atom stereocenters. The molecule has 2 N–H and O–H groups in total. The predicted octanol–water partition coefficient (Wildman–Crippen LogP) is 0.0282. The minimum absolute atomic E-state index is 0.207. The molecule has 2 rings (SSSR count). The second-order valence-electron chi connectivity index (χ2n) is 4.02. The first-order valence-corrected chi connectivity index (χ1v) is 6.58. The van der Waals surface area contributed by atoms with Crippen molar-refractivity contribution < 1.29 is 32.2 Å². The summed E-state index contributed by atoms with van der Waals surface area (Å²) in [5.74, 6) is -4.89. The van der Waals surface area contributed by atoms with E-state index in [2.05, 4.69) is 0 Å². The Morgan fingerprint density at radius 2 is 1.89 bits per heavy atom. The first-order chi connectivity index (χ1) is 8.75. The van der Waals surface area contributed by atoms with Crippen molar-refractivity contribution >= 4 is 16.0 Å². The number of carboxylic acid groups (broad SMARTS) is 1. The summed E-state index contributed by atoms with van der Waals surface area (Å²) >= 11 is 0. The molecule has 1 aliphatic rings. The molecule has 1 aromatic rings. The Balaban J connectivity index is 2.52. The maximum Gasteiger partial charge on any atom is 0.341 e. The lowest BCUT2D eigenvalue weighted by Gasteiger charge is -2.34. The molecule has 0 aromatic heterocycles. The second kappa shape index (κ2) is 4.51. The van der Waals surface area contributed by atoms with Gasteiger partial charge in [0.15, 0.2) is 5.82 Å². The van der Waals surface area contributed by atoms with Crippen LogP contribution in [0.25, 0.3) is 0 Å². The average Bonchev–Trinajstić information content (AvgIpc) is 2.23. The molecule has 0 radical (unpaired) electrons. The highest BCUT2D eigenvalue weighted by Gasteiger charge is 2.38. The van der Waals surface area contributed by atoms with Crippen LogP contribution in [0.5, 0.6) is 0 Å². The summed E-state index contributed by atoms with van der Waals surface area (Å²) in [5, 5.41) is 17.7. The Bertz CT molecular complexity index is 640. The molecule has 0 bridgehead atoms. The fraction of sp³-hybridized carbons (Fsp3) is 0.300. The van der Waals surface area contributed by atoms with Crippen LogP contribution < -0.4 is 0 Å². The van der Waals surface area contributed by atoms with E-state index in [0.29, 0.717) is 12.1 Å². The standard InChI is InChI=1S/C10H9F2NO5S/c11-6-1-2-7(9(12)8(6)10(15)16)19(17,18)13-3-5(14)4-13/h1-2,5,14H,3-4H2,(H,15,16). The Labute approximate surface area is 106 Å². The van der Waals surface area contributed by atoms with Crippen LogP contribution in [0.15, 0.2) is 17.0 Å². The summed E-state index contributed by atoms with van der Waals surface area (Å²) in [5.41, 5.74) is -1.32. The molecule has 6 nitrogen and oxygen atoms in total. The molecular weight excluding hydrogens is 284 g/mol. The van der Waals surface area contributed by atoms with Gasteiger partial charge in [-0.05, 0) is 12.1 Å². The van der Waals surface area contributed by atoms with Gasteiger partial charge in [-0.3, -0.25) is 0 Å². The van der Waals surface area contributed by atoms with Crippen LogP contribution in [0.3, 0.4) is 0 Å². The van der Waals surface area contributed by atoms with Crippen LogP contribution in [0.2, 0.25) is 0 Å². The zero-order valence-electron chi connectivity index (χ0n) is 9.38. The van der Waals surface area contributed by atoms with E-state index in [1.807, 2.05) is 0 Å². The molecule has 0 saturated carbocycles. The van der Waals surface area contributed by atoms with Crippen LogP contribution >= 0.6 is 0 Å². The third-order valence-electron chi connectivity index (χ3n) is 2.72. The van der Waals surface area contributed by atoms with Crippen molar-refractivity contribution in [2.24, 2.45) is 0 Å². The molecule has 1 fully saturated rings. The van der Waals surface area contributed by atoms with E-state index in [1.54, 1.807) is 0 Å². The summed E-state index contributed by atoms with van der Waals surface area (Å²) in [6.45, 7) is -0.414. The maximum atomic E-state index is 13.8. The van der Waals surface area contributed by atoms with Crippen molar-refractivity contribution in [2.75, 3.05) is 13.1 Å². The highest BCUT2D eigenvalue weighted by Crippen LogP contribution is 2.26. The van der Waals surface area contributed by atoms with Crippen molar-refractivity contribution in [3.63, 3.8) is 0 Å². The summed E-state index contributed by atoms with van der Waals surface area (Å²) in [6.07, 6.45) is -0.836. The van der Waals surface area contributed by atoms with E-state index >= 15 is 0 Å². The van der Waals surface area contributed by atoms with E-state index in [-0.39, 0.29) is 13.1 Å². The number of aromatic carboxylic acids is 1. The minimum atomic E-state index is -4.27. The lowest BCUT2D eigenvalue weighted by atomic mass is 10.2. The van der Waals surface area contributed by atoms with E-state index in [4.69, 9.17) is 10.2 Å². The summed E-state index contributed by atoms with van der Waals surface area (Å²) in [4.78, 5) is 9.78. The Kier molecular flexibility index (Phi) is 3.29.